The van der Waals surface area contributed by atoms with Gasteiger partial charge in [0.2, 0.25) is 0 Å². The molecule has 174 valence electrons. The number of phenolic OH excluding ortho intramolecular Hbond substituents is 3. The second kappa shape index (κ2) is 10.7. The summed E-state index contributed by atoms with van der Waals surface area (Å²) in [6, 6.07) is 1.52. The Bertz CT molecular complexity index is 766. The number of aromatic hydroxyl groups is 3. The number of ether oxygens (including phenoxy) is 1. The van der Waals surface area contributed by atoms with E-state index >= 15 is 0 Å². The van der Waals surface area contributed by atoms with E-state index in [0.717, 1.165) is 57.8 Å². The third-order valence-corrected chi connectivity index (χ3v) is 6.43. The summed E-state index contributed by atoms with van der Waals surface area (Å²) in [5.41, 5.74) is -0.153. The van der Waals surface area contributed by atoms with Gasteiger partial charge in [0.25, 0.3) is 6.47 Å². The number of carboxylic acid groups (broad SMARTS) is 1. The number of phenols is 3. The SMILES string of the molecule is CC(C)(CCCCCCc1c(O)cc(CCCCC2(OC=O)CC2)c(O)c1O)C(=O)O. The highest BCUT2D eigenvalue weighted by molar-refractivity contribution is 5.73. The fraction of sp³-hybridized carbons (Fsp3) is 0.667. The standard InChI is InChI=1S/C24H36O7/c1-23(2,22(29)30)11-7-4-3-5-10-18-19(26)15-17(20(27)21(18)28)9-6-8-12-24(13-14-24)31-16-25/h15-16,26-28H,3-14H2,1-2H3,(H,29,30). The van der Waals surface area contributed by atoms with Crippen LogP contribution in [0.4, 0.5) is 0 Å². The maximum absolute atomic E-state index is 11.1. The molecule has 0 aliphatic heterocycles. The zero-order valence-corrected chi connectivity index (χ0v) is 18.7. The Labute approximate surface area is 184 Å². The maximum atomic E-state index is 11.1. The van der Waals surface area contributed by atoms with Crippen LogP contribution in [0.5, 0.6) is 17.2 Å². The Morgan fingerprint density at radius 2 is 1.68 bits per heavy atom. The number of carbonyl (C=O) groups excluding carboxylic acids is 1. The normalized spacial score (nSPS) is 14.9. The number of carbonyl (C=O) groups is 2. The molecule has 0 aromatic heterocycles. The van der Waals surface area contributed by atoms with Gasteiger partial charge in [-0.3, -0.25) is 9.59 Å². The van der Waals surface area contributed by atoms with Crippen LogP contribution in [-0.4, -0.2) is 38.5 Å². The summed E-state index contributed by atoms with van der Waals surface area (Å²) >= 11 is 0. The second-order valence-corrected chi connectivity index (χ2v) is 9.44. The van der Waals surface area contributed by atoms with Crippen molar-refractivity contribution < 1.29 is 34.8 Å². The van der Waals surface area contributed by atoms with Gasteiger partial charge < -0.3 is 25.2 Å². The van der Waals surface area contributed by atoms with E-state index in [0.29, 0.717) is 36.9 Å². The number of benzene rings is 1. The predicted octanol–water partition coefficient (Wildman–Crippen LogP) is 4.83. The van der Waals surface area contributed by atoms with Crippen LogP contribution in [0, 0.1) is 5.41 Å². The lowest BCUT2D eigenvalue weighted by Gasteiger charge is -2.18. The van der Waals surface area contributed by atoms with Crippen molar-refractivity contribution in [1.82, 2.24) is 0 Å². The summed E-state index contributed by atoms with van der Waals surface area (Å²) in [6.45, 7) is 3.95. The Morgan fingerprint density at radius 3 is 2.29 bits per heavy atom. The lowest BCUT2D eigenvalue weighted by Crippen LogP contribution is -2.23. The van der Waals surface area contributed by atoms with E-state index in [1.807, 2.05) is 0 Å². The highest BCUT2D eigenvalue weighted by Gasteiger charge is 2.44. The Kier molecular flexibility index (Phi) is 8.60. The number of hydrogen-bond donors (Lipinski definition) is 4. The van der Waals surface area contributed by atoms with E-state index in [-0.39, 0.29) is 22.8 Å². The van der Waals surface area contributed by atoms with Gasteiger partial charge in [0.05, 0.1) is 5.41 Å². The molecule has 2 rings (SSSR count). The summed E-state index contributed by atoms with van der Waals surface area (Å²) in [5, 5.41) is 40.2. The largest absolute Gasteiger partial charge is 0.508 e. The molecule has 0 unspecified atom stereocenters. The number of hydrogen-bond acceptors (Lipinski definition) is 6. The minimum Gasteiger partial charge on any atom is -0.508 e. The van der Waals surface area contributed by atoms with Crippen molar-refractivity contribution in [3.63, 3.8) is 0 Å². The molecule has 7 heteroatoms. The second-order valence-electron chi connectivity index (χ2n) is 9.44. The van der Waals surface area contributed by atoms with Crippen LogP contribution >= 0.6 is 0 Å². The van der Waals surface area contributed by atoms with Crippen molar-refractivity contribution >= 4 is 12.4 Å². The predicted molar refractivity (Wildman–Crippen MR) is 116 cm³/mol. The molecule has 1 fully saturated rings. The number of unbranched alkanes of at least 4 members (excludes halogenated alkanes) is 4. The molecule has 1 aliphatic carbocycles. The molecule has 0 spiro atoms. The Hall–Kier alpha value is -2.44. The van der Waals surface area contributed by atoms with Crippen LogP contribution in [0.3, 0.4) is 0 Å². The molecule has 4 N–H and O–H groups in total. The van der Waals surface area contributed by atoms with Gasteiger partial charge in [0.15, 0.2) is 11.5 Å². The Balaban J connectivity index is 1.77. The van der Waals surface area contributed by atoms with Crippen LogP contribution in [-0.2, 0) is 27.2 Å². The van der Waals surface area contributed by atoms with Gasteiger partial charge >= 0.3 is 5.97 Å². The molecule has 31 heavy (non-hydrogen) atoms. The number of aliphatic carboxylic acids is 1. The monoisotopic (exact) mass is 436 g/mol. The fourth-order valence-corrected chi connectivity index (χ4v) is 3.93. The number of aryl methyl sites for hydroxylation is 1. The fourth-order valence-electron chi connectivity index (χ4n) is 3.93. The van der Waals surface area contributed by atoms with E-state index < -0.39 is 11.4 Å². The van der Waals surface area contributed by atoms with E-state index in [9.17, 15) is 24.9 Å². The molecule has 1 aliphatic rings. The zero-order chi connectivity index (χ0) is 23.1. The van der Waals surface area contributed by atoms with Crippen LogP contribution in [0.1, 0.15) is 89.2 Å². The van der Waals surface area contributed by atoms with Crippen molar-refractivity contribution in [2.24, 2.45) is 5.41 Å². The third kappa shape index (κ3) is 7.04. The zero-order valence-electron chi connectivity index (χ0n) is 18.7. The molecule has 1 aromatic carbocycles. The molecule has 0 atom stereocenters. The van der Waals surface area contributed by atoms with Crippen LogP contribution in [0.25, 0.3) is 0 Å². The third-order valence-electron chi connectivity index (χ3n) is 6.43. The van der Waals surface area contributed by atoms with Gasteiger partial charge in [-0.05, 0) is 77.7 Å². The lowest BCUT2D eigenvalue weighted by atomic mass is 9.87. The van der Waals surface area contributed by atoms with Crippen molar-refractivity contribution in [3.05, 3.63) is 17.2 Å². The number of rotatable bonds is 15. The molecule has 7 nitrogen and oxygen atoms in total. The van der Waals surface area contributed by atoms with Crippen LogP contribution in [0.2, 0.25) is 0 Å². The van der Waals surface area contributed by atoms with Crippen molar-refractivity contribution in [1.29, 1.82) is 0 Å². The molecule has 0 amide bonds. The Morgan fingerprint density at radius 1 is 1.03 bits per heavy atom. The lowest BCUT2D eigenvalue weighted by molar-refractivity contribution is -0.147. The molecule has 0 heterocycles. The summed E-state index contributed by atoms with van der Waals surface area (Å²) in [5.74, 6) is -1.24. The first kappa shape index (κ1) is 24.8. The van der Waals surface area contributed by atoms with Crippen molar-refractivity contribution in [2.45, 2.75) is 96.5 Å². The smallest absolute Gasteiger partial charge is 0.309 e. The van der Waals surface area contributed by atoms with E-state index in [4.69, 9.17) is 9.84 Å². The topological polar surface area (TPSA) is 124 Å². The molecule has 0 saturated heterocycles. The van der Waals surface area contributed by atoms with Gasteiger partial charge in [0.1, 0.15) is 11.4 Å². The molecule has 1 aromatic rings. The van der Waals surface area contributed by atoms with E-state index in [1.165, 1.54) is 6.07 Å². The van der Waals surface area contributed by atoms with Gasteiger partial charge in [-0.1, -0.05) is 19.3 Å². The van der Waals surface area contributed by atoms with Crippen molar-refractivity contribution in [3.8, 4) is 17.2 Å². The highest BCUT2D eigenvalue weighted by atomic mass is 16.5. The van der Waals surface area contributed by atoms with Gasteiger partial charge in [-0.25, -0.2) is 0 Å². The summed E-state index contributed by atoms with van der Waals surface area (Å²) in [7, 11) is 0. The minimum absolute atomic E-state index is 0.0136. The molecular formula is C24H36O7. The van der Waals surface area contributed by atoms with Crippen LogP contribution in [0.15, 0.2) is 6.07 Å². The van der Waals surface area contributed by atoms with Gasteiger partial charge in [-0.2, -0.15) is 0 Å². The summed E-state index contributed by atoms with van der Waals surface area (Å²) < 4.78 is 5.12. The average Bonchev–Trinajstić information content (AvgIpc) is 3.47. The quantitative estimate of drug-likeness (QED) is 0.134. The summed E-state index contributed by atoms with van der Waals surface area (Å²) in [4.78, 5) is 21.6. The number of carboxylic acids is 1. The molecular weight excluding hydrogens is 400 g/mol. The first-order chi connectivity index (χ1) is 14.6. The first-order valence-corrected chi connectivity index (χ1v) is 11.2. The average molecular weight is 437 g/mol. The highest BCUT2D eigenvalue weighted by Crippen LogP contribution is 2.44. The molecule has 0 bridgehead atoms. The van der Waals surface area contributed by atoms with Gasteiger partial charge in [-0.15, -0.1) is 0 Å². The molecule has 1 saturated carbocycles. The summed E-state index contributed by atoms with van der Waals surface area (Å²) in [6.07, 6.45) is 8.98. The molecule has 0 radical (unpaired) electrons. The maximum Gasteiger partial charge on any atom is 0.309 e. The minimum atomic E-state index is -0.792. The van der Waals surface area contributed by atoms with Crippen molar-refractivity contribution in [2.75, 3.05) is 0 Å². The van der Waals surface area contributed by atoms with E-state index in [2.05, 4.69) is 0 Å². The van der Waals surface area contributed by atoms with E-state index in [1.54, 1.807) is 13.8 Å². The van der Waals surface area contributed by atoms with Crippen LogP contribution < -0.4 is 0 Å². The van der Waals surface area contributed by atoms with Gasteiger partial charge in [0, 0.05) is 11.1 Å². The first-order valence-electron chi connectivity index (χ1n) is 11.2.